The molecule has 38 heavy (non-hydrogen) atoms. The molecule has 0 radical (unpaired) electrons. The number of hydrogen-bond acceptors (Lipinski definition) is 6. The van der Waals surface area contributed by atoms with Crippen molar-refractivity contribution in [1.29, 1.82) is 0 Å². The molecule has 3 aromatic rings. The van der Waals surface area contributed by atoms with Crippen molar-refractivity contribution >= 4 is 23.9 Å². The van der Waals surface area contributed by atoms with E-state index < -0.39 is 36.0 Å². The molecule has 0 spiro atoms. The second kappa shape index (κ2) is 12.0. The molecule has 1 aliphatic carbocycles. The van der Waals surface area contributed by atoms with Crippen LogP contribution in [0.2, 0.25) is 0 Å². The number of nitrogens with one attached hydrogen (secondary N) is 3. The summed E-state index contributed by atoms with van der Waals surface area (Å²) in [6.45, 7) is 1.66. The van der Waals surface area contributed by atoms with E-state index in [1.54, 1.807) is 0 Å². The van der Waals surface area contributed by atoms with Crippen molar-refractivity contribution in [1.82, 2.24) is 16.2 Å². The summed E-state index contributed by atoms with van der Waals surface area (Å²) in [5.74, 6) is -4.20. The van der Waals surface area contributed by atoms with Crippen LogP contribution in [0.4, 0.5) is 4.79 Å². The predicted molar refractivity (Wildman–Crippen MR) is 137 cm³/mol. The van der Waals surface area contributed by atoms with Crippen molar-refractivity contribution in [2.24, 2.45) is 0 Å². The first-order valence-electron chi connectivity index (χ1n) is 11.9. The average molecular weight is 518 g/mol. The lowest BCUT2D eigenvalue weighted by molar-refractivity contribution is -0.151. The van der Waals surface area contributed by atoms with E-state index in [4.69, 9.17) is 14.6 Å². The van der Waals surface area contributed by atoms with Gasteiger partial charge in [0.05, 0.1) is 12.7 Å². The minimum atomic E-state index is -1.76. The van der Waals surface area contributed by atoms with Crippen molar-refractivity contribution in [3.63, 3.8) is 0 Å². The molecule has 0 heterocycles. The van der Waals surface area contributed by atoms with E-state index in [2.05, 4.69) is 16.2 Å². The molecule has 1 aliphatic rings. The van der Waals surface area contributed by atoms with Crippen molar-refractivity contribution in [3.05, 3.63) is 95.6 Å². The third-order valence-electron chi connectivity index (χ3n) is 6.22. The highest BCUT2D eigenvalue weighted by Crippen LogP contribution is 2.44. The van der Waals surface area contributed by atoms with Gasteiger partial charge in [0.2, 0.25) is 0 Å². The Morgan fingerprint density at radius 1 is 0.842 bits per heavy atom. The molecular weight excluding hydrogens is 490 g/mol. The molecule has 0 bridgehead atoms. The number of ether oxygens (including phenoxy) is 2. The lowest BCUT2D eigenvalue weighted by atomic mass is 9.98. The standard InChI is InChI=1S/C28H27N3O7/c1-17(37-15-18-9-3-2-4-10-18)24(29-26(33)27(34)35)25(32)30-31-28(36)38-16-23-21-13-7-5-11-19(21)20-12-6-8-14-22(20)23/h2-14,17,23-24H,15-16H2,1H3,(H,29,33)(H,30,32)(H,31,36)(H,34,35)/t17-,24+/m1/s1. The van der Waals surface area contributed by atoms with Crippen LogP contribution in [0.15, 0.2) is 78.9 Å². The number of carboxylic acid groups (broad SMARTS) is 1. The number of benzene rings is 3. The molecule has 3 aromatic carbocycles. The van der Waals surface area contributed by atoms with Gasteiger partial charge in [0.25, 0.3) is 5.91 Å². The largest absolute Gasteiger partial charge is 0.474 e. The van der Waals surface area contributed by atoms with Crippen LogP contribution in [0.1, 0.15) is 29.5 Å². The molecule has 0 aliphatic heterocycles. The normalized spacial score (nSPS) is 13.4. The maximum atomic E-state index is 12.8. The molecule has 2 atom stereocenters. The zero-order chi connectivity index (χ0) is 27.1. The zero-order valence-electron chi connectivity index (χ0n) is 20.5. The van der Waals surface area contributed by atoms with Gasteiger partial charge in [0.15, 0.2) is 0 Å². The van der Waals surface area contributed by atoms with E-state index >= 15 is 0 Å². The third-order valence-corrected chi connectivity index (χ3v) is 6.22. The van der Waals surface area contributed by atoms with Crippen molar-refractivity contribution in [2.75, 3.05) is 6.61 Å². The van der Waals surface area contributed by atoms with Crippen molar-refractivity contribution in [3.8, 4) is 11.1 Å². The fourth-order valence-electron chi connectivity index (χ4n) is 4.32. The lowest BCUT2D eigenvalue weighted by Gasteiger charge is -2.24. The number of aliphatic carboxylic acids is 1. The van der Waals surface area contributed by atoms with Gasteiger partial charge in [-0.05, 0) is 34.7 Å². The van der Waals surface area contributed by atoms with Gasteiger partial charge in [-0.3, -0.25) is 15.0 Å². The quantitative estimate of drug-likeness (QED) is 0.266. The zero-order valence-corrected chi connectivity index (χ0v) is 20.5. The Labute approximate surface area is 218 Å². The summed E-state index contributed by atoms with van der Waals surface area (Å²) in [6.07, 6.45) is -1.84. The summed E-state index contributed by atoms with van der Waals surface area (Å²) in [4.78, 5) is 48.0. The van der Waals surface area contributed by atoms with Crippen molar-refractivity contribution < 1.29 is 33.8 Å². The van der Waals surface area contributed by atoms with Gasteiger partial charge in [-0.15, -0.1) is 0 Å². The third kappa shape index (κ3) is 6.16. The smallest absolute Gasteiger partial charge is 0.426 e. The van der Waals surface area contributed by atoms with Crippen LogP contribution in [0.5, 0.6) is 0 Å². The van der Waals surface area contributed by atoms with Crippen LogP contribution in [0.25, 0.3) is 11.1 Å². The number of carbonyl (C=O) groups excluding carboxylic acids is 3. The van der Waals surface area contributed by atoms with Crippen LogP contribution in [-0.4, -0.2) is 47.7 Å². The van der Waals surface area contributed by atoms with Gasteiger partial charge in [-0.1, -0.05) is 78.9 Å². The summed E-state index contributed by atoms with van der Waals surface area (Å²) >= 11 is 0. The molecule has 0 aromatic heterocycles. The first-order chi connectivity index (χ1) is 18.3. The van der Waals surface area contributed by atoms with Gasteiger partial charge in [-0.2, -0.15) is 0 Å². The number of rotatable bonds is 8. The number of fused-ring (bicyclic) bond motifs is 3. The summed E-state index contributed by atoms with van der Waals surface area (Å²) in [7, 11) is 0. The van der Waals surface area contributed by atoms with E-state index in [1.807, 2.05) is 78.9 Å². The Balaban J connectivity index is 1.34. The lowest BCUT2D eigenvalue weighted by Crippen LogP contribution is -2.57. The monoisotopic (exact) mass is 517 g/mol. The Morgan fingerprint density at radius 2 is 1.42 bits per heavy atom. The Bertz CT molecular complexity index is 1280. The van der Waals surface area contributed by atoms with Gasteiger partial charge in [0, 0.05) is 5.92 Å². The summed E-state index contributed by atoms with van der Waals surface area (Å²) in [6, 6.07) is 23.4. The fraction of sp³-hybridized carbons (Fsp3) is 0.214. The molecule has 4 rings (SSSR count). The van der Waals surface area contributed by atoms with Crippen LogP contribution in [0.3, 0.4) is 0 Å². The summed E-state index contributed by atoms with van der Waals surface area (Å²) in [5.41, 5.74) is 9.36. The van der Waals surface area contributed by atoms with E-state index in [0.717, 1.165) is 27.8 Å². The van der Waals surface area contributed by atoms with Gasteiger partial charge >= 0.3 is 18.0 Å². The summed E-state index contributed by atoms with van der Waals surface area (Å²) in [5, 5.41) is 11.1. The topological polar surface area (TPSA) is 143 Å². The van der Waals surface area contributed by atoms with Crippen LogP contribution < -0.4 is 16.2 Å². The maximum absolute atomic E-state index is 12.8. The second-order valence-corrected chi connectivity index (χ2v) is 8.70. The molecule has 0 saturated heterocycles. The van der Waals surface area contributed by atoms with Crippen molar-refractivity contribution in [2.45, 2.75) is 31.6 Å². The minimum absolute atomic E-state index is 0.0332. The van der Waals surface area contributed by atoms with Gasteiger partial charge < -0.3 is 19.9 Å². The highest BCUT2D eigenvalue weighted by atomic mass is 16.6. The SMILES string of the molecule is C[C@@H](OCc1ccccc1)[C@H](NC(=O)C(=O)O)C(=O)NNC(=O)OCC1c2ccccc2-c2ccccc21. The molecular formula is C28H27N3O7. The molecule has 4 N–H and O–H groups in total. The Morgan fingerprint density at radius 3 is 2.03 bits per heavy atom. The molecule has 10 heteroatoms. The maximum Gasteiger partial charge on any atom is 0.426 e. The number of carboxylic acids is 1. The first kappa shape index (κ1) is 26.4. The second-order valence-electron chi connectivity index (χ2n) is 8.70. The first-order valence-corrected chi connectivity index (χ1v) is 11.9. The van der Waals surface area contributed by atoms with Crippen LogP contribution in [0, 0.1) is 0 Å². The molecule has 0 unspecified atom stereocenters. The van der Waals surface area contributed by atoms with E-state index in [1.165, 1.54) is 6.92 Å². The molecule has 196 valence electrons. The van der Waals surface area contributed by atoms with E-state index in [0.29, 0.717) is 0 Å². The molecule has 10 nitrogen and oxygen atoms in total. The molecule has 0 fully saturated rings. The number of hydrogen-bond donors (Lipinski definition) is 4. The van der Waals surface area contributed by atoms with Gasteiger partial charge in [0.1, 0.15) is 12.6 Å². The minimum Gasteiger partial charge on any atom is -0.474 e. The average Bonchev–Trinajstić information content (AvgIpc) is 3.26. The fourth-order valence-corrected chi connectivity index (χ4v) is 4.32. The van der Waals surface area contributed by atoms with Crippen LogP contribution in [-0.2, 0) is 30.5 Å². The highest BCUT2D eigenvalue weighted by molar-refractivity contribution is 6.32. The van der Waals surface area contributed by atoms with Crippen LogP contribution >= 0.6 is 0 Å². The highest BCUT2D eigenvalue weighted by Gasteiger charge is 2.31. The number of carbonyl (C=O) groups is 4. The Kier molecular flexibility index (Phi) is 8.34. The van der Waals surface area contributed by atoms with E-state index in [-0.39, 0.29) is 19.1 Å². The number of hydrazine groups is 1. The predicted octanol–water partition coefficient (Wildman–Crippen LogP) is 2.73. The summed E-state index contributed by atoms with van der Waals surface area (Å²) < 4.78 is 11.0. The molecule has 0 saturated carbocycles. The number of amides is 3. The van der Waals surface area contributed by atoms with Gasteiger partial charge in [-0.25, -0.2) is 15.0 Å². The van der Waals surface area contributed by atoms with E-state index in [9.17, 15) is 19.2 Å². The molecule has 3 amide bonds. The Hall–Kier alpha value is -4.70.